The van der Waals surface area contributed by atoms with Gasteiger partial charge in [0.15, 0.2) is 5.78 Å². The van der Waals surface area contributed by atoms with Gasteiger partial charge < -0.3 is 20.3 Å². The highest BCUT2D eigenvalue weighted by Gasteiger charge is 2.31. The van der Waals surface area contributed by atoms with Gasteiger partial charge in [0, 0.05) is 28.9 Å². The molecule has 0 radical (unpaired) electrons. The summed E-state index contributed by atoms with van der Waals surface area (Å²) >= 11 is 0. The molecule has 0 saturated heterocycles. The number of nitrogens with two attached hydrogens (primary N) is 1. The van der Waals surface area contributed by atoms with Crippen molar-refractivity contribution < 1.29 is 32.3 Å². The normalized spacial score (nSPS) is 14.0. The summed E-state index contributed by atoms with van der Waals surface area (Å²) in [5, 5.41) is 0. The number of nitrogen functional groups attached to an aromatic ring is 1. The number of carbonyl (C=O) groups excluding carboxylic acids is 3. The van der Waals surface area contributed by atoms with Crippen molar-refractivity contribution in [1.29, 1.82) is 0 Å². The van der Waals surface area contributed by atoms with Crippen molar-refractivity contribution >= 4 is 38.9 Å². The first kappa shape index (κ1) is 42.1. The molecule has 6 aromatic carbocycles. The van der Waals surface area contributed by atoms with Gasteiger partial charge in [-0.05, 0) is 119 Å². The van der Waals surface area contributed by atoms with Gasteiger partial charge in [-0.25, -0.2) is 23.4 Å². The molecular formula is C50H48N4O7S. The lowest BCUT2D eigenvalue weighted by atomic mass is 10.0. The fourth-order valence-corrected chi connectivity index (χ4v) is 9.42. The predicted octanol–water partition coefficient (Wildman–Crippen LogP) is 10.2. The van der Waals surface area contributed by atoms with Gasteiger partial charge in [0.1, 0.15) is 0 Å². The van der Waals surface area contributed by atoms with E-state index in [0.29, 0.717) is 46.5 Å². The van der Waals surface area contributed by atoms with E-state index in [1.807, 2.05) is 48.5 Å². The molecule has 0 spiro atoms. The Hall–Kier alpha value is -6.60. The van der Waals surface area contributed by atoms with Crippen LogP contribution in [0.4, 0.5) is 11.4 Å². The number of unbranched alkanes of at least 4 members (excludes halogenated alkanes) is 6. The molecule has 8 rings (SSSR count). The van der Waals surface area contributed by atoms with Gasteiger partial charge in [-0.1, -0.05) is 100 Å². The molecule has 0 amide bonds. The Balaban J connectivity index is 0.966. The Labute approximate surface area is 361 Å². The Morgan fingerprint density at radius 3 is 1.79 bits per heavy atom. The Morgan fingerprint density at radius 2 is 1.13 bits per heavy atom. The van der Waals surface area contributed by atoms with Crippen LogP contribution in [0.3, 0.4) is 0 Å². The number of fused-ring (bicyclic) bond motifs is 6. The number of hydrogen-bond donors (Lipinski definition) is 4. The van der Waals surface area contributed by atoms with Crippen LogP contribution in [-0.4, -0.2) is 32.4 Å². The third-order valence-electron chi connectivity index (χ3n) is 11.5. The van der Waals surface area contributed by atoms with E-state index in [0.717, 1.165) is 53.5 Å². The number of benzene rings is 6. The Kier molecular flexibility index (Phi) is 12.6. The maximum atomic E-state index is 13.9. The van der Waals surface area contributed by atoms with Gasteiger partial charge in [0.25, 0.3) is 0 Å². The molecule has 2 aliphatic carbocycles. The number of ketones is 1. The van der Waals surface area contributed by atoms with Crippen molar-refractivity contribution in [2.75, 3.05) is 10.9 Å². The minimum atomic E-state index is -3.74. The number of ether oxygens (including phenoxy) is 2. The van der Waals surface area contributed by atoms with Gasteiger partial charge in [0.05, 0.1) is 27.0 Å². The maximum absolute atomic E-state index is 13.9. The molecule has 6 aromatic rings. The van der Waals surface area contributed by atoms with E-state index < -0.39 is 28.1 Å². The maximum Gasteiger partial charge on any atom is 0.341 e. The average Bonchev–Trinajstić information content (AvgIpc) is 3.78. The van der Waals surface area contributed by atoms with Crippen LogP contribution in [0, 0.1) is 0 Å². The first-order valence-electron chi connectivity index (χ1n) is 21.0. The lowest BCUT2D eigenvalue weighted by molar-refractivity contribution is -0.0838. The first-order chi connectivity index (χ1) is 30.2. The molecule has 2 aliphatic rings. The summed E-state index contributed by atoms with van der Waals surface area (Å²) in [6.07, 6.45) is 6.53. The quantitative estimate of drug-likeness (QED) is 0.0213. The Morgan fingerprint density at radius 1 is 0.597 bits per heavy atom. The molecule has 0 saturated carbocycles. The molecule has 0 fully saturated rings. The zero-order valence-electron chi connectivity index (χ0n) is 34.4. The van der Waals surface area contributed by atoms with Crippen LogP contribution in [-0.2, 0) is 19.3 Å². The SMILES string of the molecule is CCCCCCCCCC(OC(=O)c1ccc2c(c1)-c1ccccc1C2=O)OC(=O)c1ccc2c(c1)-c1ccccc1C2NNc1ccc(S(=O)(=O)c2ccc(NN)cc2)cc1. The number of rotatable bonds is 18. The highest BCUT2D eigenvalue weighted by atomic mass is 32.2. The van der Waals surface area contributed by atoms with E-state index in [4.69, 9.17) is 15.3 Å². The Bertz CT molecular complexity index is 2740. The van der Waals surface area contributed by atoms with Crippen LogP contribution in [0.25, 0.3) is 22.3 Å². The lowest BCUT2D eigenvalue weighted by Crippen LogP contribution is -2.27. The molecule has 316 valence electrons. The topological polar surface area (TPSA) is 166 Å². The number of esters is 2. The monoisotopic (exact) mass is 848 g/mol. The second kappa shape index (κ2) is 18.6. The summed E-state index contributed by atoms with van der Waals surface area (Å²) in [4.78, 5) is 40.8. The zero-order chi connectivity index (χ0) is 43.2. The van der Waals surface area contributed by atoms with Crippen molar-refractivity contribution in [3.8, 4) is 22.3 Å². The van der Waals surface area contributed by atoms with E-state index in [1.165, 1.54) is 25.0 Å². The third-order valence-corrected chi connectivity index (χ3v) is 13.3. The first-order valence-corrected chi connectivity index (χ1v) is 22.5. The highest BCUT2D eigenvalue weighted by Crippen LogP contribution is 2.44. The zero-order valence-corrected chi connectivity index (χ0v) is 35.2. The minimum Gasteiger partial charge on any atom is -0.422 e. The van der Waals surface area contributed by atoms with Crippen molar-refractivity contribution in [2.24, 2.45) is 5.84 Å². The van der Waals surface area contributed by atoms with E-state index in [2.05, 4.69) is 23.2 Å². The minimum absolute atomic E-state index is 0.0818. The molecule has 5 N–H and O–H groups in total. The van der Waals surface area contributed by atoms with Crippen LogP contribution < -0.4 is 22.1 Å². The van der Waals surface area contributed by atoms with Gasteiger partial charge in [-0.15, -0.1) is 0 Å². The van der Waals surface area contributed by atoms with Crippen LogP contribution >= 0.6 is 0 Å². The van der Waals surface area contributed by atoms with E-state index in [1.54, 1.807) is 72.8 Å². The summed E-state index contributed by atoms with van der Waals surface area (Å²) in [7, 11) is -3.74. The van der Waals surface area contributed by atoms with Crippen LogP contribution in [0.2, 0.25) is 0 Å². The van der Waals surface area contributed by atoms with Crippen molar-refractivity contribution in [2.45, 2.75) is 80.4 Å². The van der Waals surface area contributed by atoms with E-state index in [9.17, 15) is 22.8 Å². The second-order valence-corrected chi connectivity index (χ2v) is 17.5. The van der Waals surface area contributed by atoms with Gasteiger partial charge in [-0.3, -0.25) is 10.6 Å². The van der Waals surface area contributed by atoms with Crippen molar-refractivity contribution in [3.05, 3.63) is 167 Å². The average molecular weight is 849 g/mol. The van der Waals surface area contributed by atoms with E-state index >= 15 is 0 Å². The summed E-state index contributed by atoms with van der Waals surface area (Å²) in [6, 6.07) is 37.9. The van der Waals surface area contributed by atoms with Gasteiger partial charge >= 0.3 is 11.9 Å². The molecular weight excluding hydrogens is 801 g/mol. The smallest absolute Gasteiger partial charge is 0.341 e. The molecule has 11 nitrogen and oxygen atoms in total. The fourth-order valence-electron chi connectivity index (χ4n) is 8.16. The summed E-state index contributed by atoms with van der Waals surface area (Å²) in [5.74, 6) is 4.09. The van der Waals surface area contributed by atoms with Crippen molar-refractivity contribution in [1.82, 2.24) is 5.43 Å². The lowest BCUT2D eigenvalue weighted by Gasteiger charge is -2.20. The standard InChI is InChI=1S/C50H48N4O7S/c1-2-3-4-5-6-7-8-17-46(61-50(57)33-19-29-43-45(31-33)39-14-10-12-16-42(39)48(43)55)60-49(56)32-18-28-41-44(30-32)38-13-9-11-15-40(38)47(41)54-53-35-22-26-37(27-23-35)62(58,59)36-24-20-34(52-51)21-25-36/h9-16,18-31,46-47,52-54H,2-8,17,51H2,1H3. The molecule has 0 aromatic heterocycles. The number of hydrazine groups is 2. The number of anilines is 2. The molecule has 0 heterocycles. The largest absolute Gasteiger partial charge is 0.422 e. The number of hydrogen-bond acceptors (Lipinski definition) is 11. The van der Waals surface area contributed by atoms with Gasteiger partial charge in [0.2, 0.25) is 16.1 Å². The van der Waals surface area contributed by atoms with Crippen LogP contribution in [0.1, 0.15) is 112 Å². The fraction of sp³-hybridized carbons (Fsp3) is 0.220. The highest BCUT2D eigenvalue weighted by molar-refractivity contribution is 7.91. The second-order valence-electron chi connectivity index (χ2n) is 15.6. The number of carbonyl (C=O) groups is 3. The third kappa shape index (κ3) is 8.76. The molecule has 2 unspecified atom stereocenters. The number of nitrogens with one attached hydrogen (secondary N) is 3. The molecule has 12 heteroatoms. The molecule has 0 bridgehead atoms. The molecule has 2 atom stereocenters. The van der Waals surface area contributed by atoms with E-state index in [-0.39, 0.29) is 27.2 Å². The van der Waals surface area contributed by atoms with Crippen LogP contribution in [0.5, 0.6) is 0 Å². The summed E-state index contributed by atoms with van der Waals surface area (Å²) in [6.45, 7) is 2.18. The van der Waals surface area contributed by atoms with Crippen molar-refractivity contribution in [3.63, 3.8) is 0 Å². The summed E-state index contributed by atoms with van der Waals surface area (Å²) < 4.78 is 38.4. The van der Waals surface area contributed by atoms with Crippen LogP contribution in [0.15, 0.2) is 143 Å². The predicted molar refractivity (Wildman–Crippen MR) is 239 cm³/mol. The molecule has 0 aliphatic heterocycles. The number of sulfone groups is 1. The van der Waals surface area contributed by atoms with Gasteiger partial charge in [-0.2, -0.15) is 0 Å². The summed E-state index contributed by atoms with van der Waals surface area (Å²) in [5.41, 5.74) is 17.2. The molecule has 62 heavy (non-hydrogen) atoms.